The molecule has 3 rings (SSSR count). The predicted molar refractivity (Wildman–Crippen MR) is 66.5 cm³/mol. The number of amides is 3. The first-order valence-corrected chi connectivity index (χ1v) is 6.26. The number of likely N-dealkylation sites (tertiary alicyclic amines) is 1. The van der Waals surface area contributed by atoms with Crippen LogP contribution in [0.4, 0.5) is 0 Å². The highest BCUT2D eigenvalue weighted by molar-refractivity contribution is 6.13. The topological polar surface area (TPSA) is 66.5 Å². The van der Waals surface area contributed by atoms with E-state index in [2.05, 4.69) is 5.32 Å². The van der Waals surface area contributed by atoms with Crippen molar-refractivity contribution in [1.29, 1.82) is 0 Å². The maximum atomic E-state index is 12.1. The van der Waals surface area contributed by atoms with Gasteiger partial charge in [-0.3, -0.25) is 19.3 Å². The Hall–Kier alpha value is -2.17. The number of hydrogen-bond acceptors (Lipinski definition) is 3. The molecule has 5 nitrogen and oxygen atoms in total. The van der Waals surface area contributed by atoms with Crippen LogP contribution in [-0.4, -0.2) is 29.7 Å². The van der Waals surface area contributed by atoms with Crippen molar-refractivity contribution in [2.45, 2.75) is 6.54 Å². The molecule has 3 atom stereocenters. The highest BCUT2D eigenvalue weighted by Crippen LogP contribution is 2.53. The predicted octanol–water partition coefficient (Wildman–Crippen LogP) is 0.164. The highest BCUT2D eigenvalue weighted by atomic mass is 16.2. The first kappa shape index (κ1) is 11.9. The van der Waals surface area contributed by atoms with E-state index in [1.807, 2.05) is 30.3 Å². The van der Waals surface area contributed by atoms with Gasteiger partial charge in [-0.05, 0) is 5.56 Å². The summed E-state index contributed by atoms with van der Waals surface area (Å²) in [5.74, 6) is -1.96. The van der Waals surface area contributed by atoms with Gasteiger partial charge in [-0.15, -0.1) is 0 Å². The number of nitrogens with zero attached hydrogens (tertiary/aromatic N) is 1. The molecule has 1 aliphatic carbocycles. The van der Waals surface area contributed by atoms with E-state index in [4.69, 9.17) is 0 Å². The number of benzene rings is 1. The van der Waals surface area contributed by atoms with E-state index < -0.39 is 17.8 Å². The largest absolute Gasteiger partial charge is 0.359 e. The maximum absolute atomic E-state index is 12.1. The van der Waals surface area contributed by atoms with Gasteiger partial charge in [-0.1, -0.05) is 30.3 Å². The van der Waals surface area contributed by atoms with E-state index in [9.17, 15) is 14.4 Å². The third-order valence-corrected chi connectivity index (χ3v) is 3.85. The molecule has 1 saturated heterocycles. The van der Waals surface area contributed by atoms with E-state index in [-0.39, 0.29) is 17.7 Å². The molecule has 1 aromatic carbocycles. The minimum Gasteiger partial charge on any atom is -0.359 e. The van der Waals surface area contributed by atoms with Crippen molar-refractivity contribution in [3.8, 4) is 0 Å². The second-order valence-corrected chi connectivity index (χ2v) is 4.94. The maximum Gasteiger partial charge on any atom is 0.234 e. The summed E-state index contributed by atoms with van der Waals surface area (Å²) >= 11 is 0. The minimum atomic E-state index is -0.447. The van der Waals surface area contributed by atoms with Gasteiger partial charge in [-0.2, -0.15) is 0 Å². The molecule has 0 spiro atoms. The lowest BCUT2D eigenvalue weighted by Gasteiger charge is -2.18. The lowest BCUT2D eigenvalue weighted by Crippen LogP contribution is -2.37. The van der Waals surface area contributed by atoms with Crippen molar-refractivity contribution in [3.63, 3.8) is 0 Å². The molecule has 0 bridgehead atoms. The molecule has 2 aliphatic rings. The van der Waals surface area contributed by atoms with Gasteiger partial charge < -0.3 is 5.32 Å². The van der Waals surface area contributed by atoms with Crippen molar-refractivity contribution < 1.29 is 14.4 Å². The molecule has 1 aromatic rings. The van der Waals surface area contributed by atoms with Gasteiger partial charge in [0, 0.05) is 7.05 Å². The first-order valence-electron chi connectivity index (χ1n) is 6.26. The van der Waals surface area contributed by atoms with Crippen LogP contribution in [0.3, 0.4) is 0 Å². The zero-order chi connectivity index (χ0) is 13.6. The molecule has 0 aromatic heterocycles. The fraction of sp³-hybridized carbons (Fsp3) is 0.357. The SMILES string of the molecule is CNC(=O)[C@@H]1[C@H]2C(=O)N(Cc3ccccc3)C(=O)[C@@H]12. The number of carbonyl (C=O) groups excluding carboxylic acids is 3. The Bertz CT molecular complexity index is 533. The van der Waals surface area contributed by atoms with Crippen LogP contribution in [0.25, 0.3) is 0 Å². The number of nitrogens with one attached hydrogen (secondary N) is 1. The normalized spacial score (nSPS) is 28.3. The van der Waals surface area contributed by atoms with E-state index >= 15 is 0 Å². The van der Waals surface area contributed by atoms with Crippen molar-refractivity contribution in [2.75, 3.05) is 7.05 Å². The van der Waals surface area contributed by atoms with E-state index in [1.54, 1.807) is 0 Å². The van der Waals surface area contributed by atoms with Crippen LogP contribution in [0.5, 0.6) is 0 Å². The number of imide groups is 1. The Morgan fingerprint density at radius 3 is 2.26 bits per heavy atom. The number of fused-ring (bicyclic) bond motifs is 1. The fourth-order valence-corrected chi connectivity index (χ4v) is 2.81. The van der Waals surface area contributed by atoms with Gasteiger partial charge in [0.15, 0.2) is 0 Å². The van der Waals surface area contributed by atoms with Gasteiger partial charge in [0.25, 0.3) is 0 Å². The van der Waals surface area contributed by atoms with Crippen molar-refractivity contribution in [3.05, 3.63) is 35.9 Å². The van der Waals surface area contributed by atoms with Crippen molar-refractivity contribution in [1.82, 2.24) is 10.2 Å². The summed E-state index contributed by atoms with van der Waals surface area (Å²) in [5.41, 5.74) is 0.919. The summed E-state index contributed by atoms with van der Waals surface area (Å²) in [5, 5.41) is 2.50. The Kier molecular flexibility index (Phi) is 2.62. The van der Waals surface area contributed by atoms with Crippen LogP contribution in [0.15, 0.2) is 30.3 Å². The summed E-state index contributed by atoms with van der Waals surface area (Å²) in [6.07, 6.45) is 0. The average molecular weight is 258 g/mol. The molecular formula is C14H14N2O3. The second kappa shape index (κ2) is 4.19. The Morgan fingerprint density at radius 2 is 1.74 bits per heavy atom. The van der Waals surface area contributed by atoms with Gasteiger partial charge in [0.1, 0.15) is 0 Å². The lowest BCUT2D eigenvalue weighted by atomic mass is 10.2. The Labute approximate surface area is 110 Å². The molecule has 19 heavy (non-hydrogen) atoms. The third kappa shape index (κ3) is 1.73. The molecule has 1 N–H and O–H groups in total. The van der Waals surface area contributed by atoms with Gasteiger partial charge >= 0.3 is 0 Å². The van der Waals surface area contributed by atoms with Crippen LogP contribution in [0, 0.1) is 17.8 Å². The number of carbonyl (C=O) groups is 3. The van der Waals surface area contributed by atoms with Crippen LogP contribution < -0.4 is 5.32 Å². The van der Waals surface area contributed by atoms with Gasteiger partial charge in [-0.25, -0.2) is 0 Å². The molecule has 0 unspecified atom stereocenters. The van der Waals surface area contributed by atoms with E-state index in [0.717, 1.165) is 5.56 Å². The Balaban J connectivity index is 1.74. The monoisotopic (exact) mass is 258 g/mol. The molecule has 2 fully saturated rings. The van der Waals surface area contributed by atoms with Crippen LogP contribution in [-0.2, 0) is 20.9 Å². The van der Waals surface area contributed by atoms with E-state index in [1.165, 1.54) is 11.9 Å². The molecule has 3 amide bonds. The first-order chi connectivity index (χ1) is 9.15. The molecule has 98 valence electrons. The van der Waals surface area contributed by atoms with E-state index in [0.29, 0.717) is 6.54 Å². The lowest BCUT2D eigenvalue weighted by molar-refractivity contribution is -0.144. The summed E-state index contributed by atoms with van der Waals surface area (Å²) in [6.45, 7) is 0.298. The zero-order valence-corrected chi connectivity index (χ0v) is 10.5. The Morgan fingerprint density at radius 1 is 1.16 bits per heavy atom. The molecule has 1 saturated carbocycles. The molecule has 0 radical (unpaired) electrons. The molecular weight excluding hydrogens is 244 g/mol. The highest BCUT2D eigenvalue weighted by Gasteiger charge is 2.69. The van der Waals surface area contributed by atoms with Gasteiger partial charge in [0.2, 0.25) is 17.7 Å². The van der Waals surface area contributed by atoms with Crippen molar-refractivity contribution >= 4 is 17.7 Å². The summed E-state index contributed by atoms with van der Waals surface area (Å²) in [4.78, 5) is 37.0. The fourth-order valence-electron chi connectivity index (χ4n) is 2.81. The zero-order valence-electron chi connectivity index (χ0n) is 10.5. The molecule has 5 heteroatoms. The van der Waals surface area contributed by atoms with Gasteiger partial charge in [0.05, 0.1) is 24.3 Å². The van der Waals surface area contributed by atoms with Crippen LogP contribution in [0.1, 0.15) is 5.56 Å². The molecule has 1 heterocycles. The van der Waals surface area contributed by atoms with Crippen LogP contribution >= 0.6 is 0 Å². The summed E-state index contributed by atoms with van der Waals surface area (Å²) in [7, 11) is 1.52. The molecule has 1 aliphatic heterocycles. The van der Waals surface area contributed by atoms with Crippen molar-refractivity contribution in [2.24, 2.45) is 17.8 Å². The summed E-state index contributed by atoms with van der Waals surface area (Å²) in [6, 6.07) is 9.38. The number of rotatable bonds is 3. The third-order valence-electron chi connectivity index (χ3n) is 3.85. The number of piperidine rings is 1. The summed E-state index contributed by atoms with van der Waals surface area (Å²) < 4.78 is 0. The van der Waals surface area contributed by atoms with Crippen LogP contribution in [0.2, 0.25) is 0 Å². The second-order valence-electron chi connectivity index (χ2n) is 4.94. The average Bonchev–Trinajstić information content (AvgIpc) is 3.13. The number of hydrogen-bond donors (Lipinski definition) is 1. The minimum absolute atomic E-state index is 0.212. The smallest absolute Gasteiger partial charge is 0.234 e. The quantitative estimate of drug-likeness (QED) is 0.786. The standard InChI is InChI=1S/C14H14N2O3/c1-15-12(17)9-10-11(9)14(19)16(13(10)18)7-8-5-3-2-4-6-8/h2-6,9-11H,7H2,1H3,(H,15,17)/t9-,10-,11+.